The first-order chi connectivity index (χ1) is 9.10. The average Bonchev–Trinajstić information content (AvgIpc) is 2.83. The third kappa shape index (κ3) is 3.72. The van der Waals surface area contributed by atoms with Crippen molar-refractivity contribution in [1.82, 2.24) is 9.78 Å². The number of aryl methyl sites for hydroxylation is 1. The lowest BCUT2D eigenvalue weighted by molar-refractivity contribution is 0.178. The lowest BCUT2D eigenvalue weighted by atomic mass is 10.0. The minimum Gasteiger partial charge on any atom is -0.388 e. The topological polar surface area (TPSA) is 38.0 Å². The highest BCUT2D eigenvalue weighted by atomic mass is 35.5. The first kappa shape index (κ1) is 14.4. The van der Waals surface area contributed by atoms with E-state index in [-0.39, 0.29) is 0 Å². The lowest BCUT2D eigenvalue weighted by Crippen LogP contribution is -2.02. The zero-order chi connectivity index (χ0) is 13.8. The molecule has 1 aromatic heterocycles. The van der Waals surface area contributed by atoms with E-state index in [2.05, 4.69) is 12.0 Å². The van der Waals surface area contributed by atoms with Crippen molar-refractivity contribution in [2.24, 2.45) is 0 Å². The van der Waals surface area contributed by atoms with Crippen LogP contribution in [-0.4, -0.2) is 14.9 Å². The van der Waals surface area contributed by atoms with Crippen LogP contribution >= 0.6 is 23.2 Å². The molecule has 1 heterocycles. The molecule has 1 N–H and O–H groups in total. The summed E-state index contributed by atoms with van der Waals surface area (Å²) in [4.78, 5) is 0. The summed E-state index contributed by atoms with van der Waals surface area (Å²) in [6.07, 6.45) is 4.38. The third-order valence-electron chi connectivity index (χ3n) is 2.91. The highest BCUT2D eigenvalue weighted by Gasteiger charge is 2.13. The molecule has 2 aromatic rings. The summed E-state index contributed by atoms with van der Waals surface area (Å²) in [6.45, 7) is 2.94. The highest BCUT2D eigenvalue weighted by molar-refractivity contribution is 6.33. The first-order valence-electron chi connectivity index (χ1n) is 6.24. The van der Waals surface area contributed by atoms with E-state index in [9.17, 15) is 5.11 Å². The van der Waals surface area contributed by atoms with Crippen LogP contribution in [0.5, 0.6) is 0 Å². The van der Waals surface area contributed by atoms with E-state index in [1.807, 2.05) is 10.9 Å². The molecule has 0 fully saturated rings. The maximum atomic E-state index is 10.2. The predicted molar refractivity (Wildman–Crippen MR) is 77.6 cm³/mol. The quantitative estimate of drug-likeness (QED) is 0.910. The van der Waals surface area contributed by atoms with Gasteiger partial charge in [0.2, 0.25) is 0 Å². The first-order valence-corrected chi connectivity index (χ1v) is 7.00. The van der Waals surface area contributed by atoms with Gasteiger partial charge < -0.3 is 5.11 Å². The largest absolute Gasteiger partial charge is 0.388 e. The van der Waals surface area contributed by atoms with Gasteiger partial charge in [-0.15, -0.1) is 0 Å². The van der Waals surface area contributed by atoms with Crippen molar-refractivity contribution in [2.75, 3.05) is 0 Å². The molecule has 3 nitrogen and oxygen atoms in total. The van der Waals surface area contributed by atoms with E-state index in [4.69, 9.17) is 23.2 Å². The van der Waals surface area contributed by atoms with E-state index in [0.29, 0.717) is 16.5 Å². The molecule has 0 aliphatic rings. The van der Waals surface area contributed by atoms with Gasteiger partial charge in [-0.1, -0.05) is 30.1 Å². The van der Waals surface area contributed by atoms with E-state index in [0.717, 1.165) is 24.1 Å². The van der Waals surface area contributed by atoms with E-state index in [1.54, 1.807) is 24.4 Å². The van der Waals surface area contributed by atoms with E-state index < -0.39 is 6.10 Å². The molecule has 0 amide bonds. The van der Waals surface area contributed by atoms with Crippen molar-refractivity contribution < 1.29 is 5.11 Å². The fraction of sp³-hybridized carbons (Fsp3) is 0.357. The molecule has 0 aliphatic heterocycles. The molecule has 1 atom stereocenters. The SMILES string of the molecule is CCCn1cc(C(O)Cc2cc(Cl)ccc2Cl)cn1. The number of halogens is 2. The number of nitrogens with zero attached hydrogens (tertiary/aromatic N) is 2. The Bertz CT molecular complexity index is 554. The van der Waals surface area contributed by atoms with Crippen LogP contribution in [0.4, 0.5) is 0 Å². The maximum Gasteiger partial charge on any atom is 0.0861 e. The van der Waals surface area contributed by atoms with Crippen LogP contribution in [0.15, 0.2) is 30.6 Å². The molecular formula is C14H16Cl2N2O. The Balaban J connectivity index is 2.11. The number of rotatable bonds is 5. The molecule has 0 spiro atoms. The predicted octanol–water partition coefficient (Wildman–Crippen LogP) is 3.88. The zero-order valence-electron chi connectivity index (χ0n) is 10.7. The van der Waals surface area contributed by atoms with Crippen molar-refractivity contribution in [3.63, 3.8) is 0 Å². The Morgan fingerprint density at radius 3 is 2.89 bits per heavy atom. The normalized spacial score (nSPS) is 12.6. The van der Waals surface area contributed by atoms with Crippen LogP contribution < -0.4 is 0 Å². The van der Waals surface area contributed by atoms with Gasteiger partial charge in [0.25, 0.3) is 0 Å². The monoisotopic (exact) mass is 298 g/mol. The number of aliphatic hydroxyl groups is 1. The standard InChI is InChI=1S/C14H16Cl2N2O/c1-2-5-18-9-11(8-17-18)14(19)7-10-6-12(15)3-4-13(10)16/h3-4,6,8-9,14,19H,2,5,7H2,1H3. The van der Waals surface area contributed by atoms with Gasteiger partial charge in [-0.2, -0.15) is 5.10 Å². The number of aliphatic hydroxyl groups excluding tert-OH is 1. The Morgan fingerprint density at radius 1 is 1.37 bits per heavy atom. The van der Waals surface area contributed by atoms with Gasteiger partial charge in [0, 0.05) is 34.8 Å². The minimum atomic E-state index is -0.624. The van der Waals surface area contributed by atoms with Crippen molar-refractivity contribution in [3.8, 4) is 0 Å². The van der Waals surface area contributed by atoms with Gasteiger partial charge in [-0.3, -0.25) is 4.68 Å². The van der Waals surface area contributed by atoms with Gasteiger partial charge in [-0.05, 0) is 30.2 Å². The summed E-state index contributed by atoms with van der Waals surface area (Å²) < 4.78 is 1.83. The summed E-state index contributed by atoms with van der Waals surface area (Å²) in [5.41, 5.74) is 1.63. The van der Waals surface area contributed by atoms with Crippen molar-refractivity contribution in [2.45, 2.75) is 32.4 Å². The fourth-order valence-electron chi connectivity index (χ4n) is 1.93. The number of aromatic nitrogens is 2. The smallest absolute Gasteiger partial charge is 0.0861 e. The van der Waals surface area contributed by atoms with Gasteiger partial charge in [0.15, 0.2) is 0 Å². The molecule has 1 unspecified atom stereocenters. The van der Waals surface area contributed by atoms with E-state index in [1.165, 1.54) is 0 Å². The number of benzene rings is 1. The molecule has 1 aromatic carbocycles. The van der Waals surface area contributed by atoms with Crippen LogP contribution in [0.1, 0.15) is 30.6 Å². The minimum absolute atomic E-state index is 0.428. The molecule has 0 radical (unpaired) electrons. The Morgan fingerprint density at radius 2 is 2.16 bits per heavy atom. The van der Waals surface area contributed by atoms with Crippen molar-refractivity contribution >= 4 is 23.2 Å². The second-order valence-electron chi connectivity index (χ2n) is 4.49. The van der Waals surface area contributed by atoms with Crippen LogP contribution in [0, 0.1) is 0 Å². The second kappa shape index (κ2) is 6.42. The second-order valence-corrected chi connectivity index (χ2v) is 5.34. The Hall–Kier alpha value is -1.03. The Kier molecular flexibility index (Phi) is 4.86. The lowest BCUT2D eigenvalue weighted by Gasteiger charge is -2.10. The maximum absolute atomic E-state index is 10.2. The molecule has 0 bridgehead atoms. The fourth-order valence-corrected chi connectivity index (χ4v) is 2.32. The van der Waals surface area contributed by atoms with Gasteiger partial charge in [-0.25, -0.2) is 0 Å². The Labute approximate surface area is 122 Å². The van der Waals surface area contributed by atoms with Crippen molar-refractivity contribution in [1.29, 1.82) is 0 Å². The van der Waals surface area contributed by atoms with Gasteiger partial charge in [0.1, 0.15) is 0 Å². The average molecular weight is 299 g/mol. The number of hydrogen-bond donors (Lipinski definition) is 1. The molecule has 0 saturated carbocycles. The summed E-state index contributed by atoms with van der Waals surface area (Å²) in [5.74, 6) is 0. The van der Waals surface area contributed by atoms with E-state index >= 15 is 0 Å². The summed E-state index contributed by atoms with van der Waals surface area (Å²) in [7, 11) is 0. The molecule has 102 valence electrons. The molecule has 0 saturated heterocycles. The molecular weight excluding hydrogens is 283 g/mol. The van der Waals surface area contributed by atoms with Crippen LogP contribution in [-0.2, 0) is 13.0 Å². The summed E-state index contributed by atoms with van der Waals surface area (Å²) in [5, 5.41) is 15.7. The van der Waals surface area contributed by atoms with Crippen molar-refractivity contribution in [3.05, 3.63) is 51.8 Å². The molecule has 2 rings (SSSR count). The summed E-state index contributed by atoms with van der Waals surface area (Å²) >= 11 is 12.0. The highest BCUT2D eigenvalue weighted by Crippen LogP contribution is 2.26. The van der Waals surface area contributed by atoms with Gasteiger partial charge >= 0.3 is 0 Å². The van der Waals surface area contributed by atoms with Gasteiger partial charge in [0.05, 0.1) is 12.3 Å². The summed E-state index contributed by atoms with van der Waals surface area (Å²) in [6, 6.07) is 5.26. The third-order valence-corrected chi connectivity index (χ3v) is 3.52. The van der Waals surface area contributed by atoms with Crippen LogP contribution in [0.25, 0.3) is 0 Å². The molecule has 5 heteroatoms. The van der Waals surface area contributed by atoms with Crippen LogP contribution in [0.3, 0.4) is 0 Å². The zero-order valence-corrected chi connectivity index (χ0v) is 12.2. The molecule has 19 heavy (non-hydrogen) atoms. The van der Waals surface area contributed by atoms with Crippen LogP contribution in [0.2, 0.25) is 10.0 Å². The number of hydrogen-bond acceptors (Lipinski definition) is 2. The molecule has 0 aliphatic carbocycles.